The second-order valence-electron chi connectivity index (χ2n) is 6.10. The molecule has 0 saturated heterocycles. The molecule has 2 N–H and O–H groups in total. The minimum absolute atomic E-state index is 0.255. The third-order valence-corrected chi connectivity index (χ3v) is 4.72. The van der Waals surface area contributed by atoms with Crippen molar-refractivity contribution in [1.29, 1.82) is 0 Å². The summed E-state index contributed by atoms with van der Waals surface area (Å²) in [4.78, 5) is 4.24. The second kappa shape index (κ2) is 6.38. The first-order chi connectivity index (χ1) is 9.10. The number of ether oxygens (including phenoxy) is 1. The molecule has 0 aromatic carbocycles. The molecule has 4 atom stereocenters. The Bertz CT molecular complexity index is 390. The summed E-state index contributed by atoms with van der Waals surface area (Å²) < 4.78 is 5.07. The van der Waals surface area contributed by atoms with E-state index in [2.05, 4.69) is 24.9 Å². The van der Waals surface area contributed by atoms with Crippen LogP contribution in [0.4, 0.5) is 0 Å². The summed E-state index contributed by atoms with van der Waals surface area (Å²) in [6.07, 6.45) is 6.67. The molecule has 4 unspecified atom stereocenters. The van der Waals surface area contributed by atoms with Crippen LogP contribution in [0.1, 0.15) is 38.7 Å². The van der Waals surface area contributed by atoms with Crippen LogP contribution in [0.15, 0.2) is 18.3 Å². The number of hydrogen-bond acceptors (Lipinski definition) is 3. The van der Waals surface area contributed by atoms with Gasteiger partial charge in [-0.1, -0.05) is 26.3 Å². The lowest BCUT2D eigenvalue weighted by Gasteiger charge is -2.35. The van der Waals surface area contributed by atoms with E-state index >= 15 is 0 Å². The standard InChI is InChI=1S/C16H26N2O/c1-11-4-6-14(8-12(11)2)15(17)9-13-5-7-16(19-3)18-10-13/h5,7,10-12,14-15H,4,6,8-9,17H2,1-3H3. The van der Waals surface area contributed by atoms with Crippen molar-refractivity contribution in [2.75, 3.05) is 7.11 Å². The molecule has 1 fully saturated rings. The van der Waals surface area contributed by atoms with Crippen LogP contribution < -0.4 is 10.5 Å². The lowest BCUT2D eigenvalue weighted by Crippen LogP contribution is -2.37. The molecule has 1 aliphatic rings. The third-order valence-electron chi connectivity index (χ3n) is 4.72. The molecule has 19 heavy (non-hydrogen) atoms. The first-order valence-corrected chi connectivity index (χ1v) is 7.34. The first kappa shape index (κ1) is 14.3. The number of aromatic nitrogens is 1. The topological polar surface area (TPSA) is 48.1 Å². The number of methoxy groups -OCH3 is 1. The molecule has 0 aliphatic heterocycles. The molecule has 1 saturated carbocycles. The van der Waals surface area contributed by atoms with Crippen LogP contribution >= 0.6 is 0 Å². The van der Waals surface area contributed by atoms with Crippen molar-refractivity contribution in [1.82, 2.24) is 4.98 Å². The summed E-state index contributed by atoms with van der Waals surface area (Å²) in [7, 11) is 1.64. The molecule has 1 aliphatic carbocycles. The Balaban J connectivity index is 1.91. The highest BCUT2D eigenvalue weighted by Crippen LogP contribution is 2.35. The SMILES string of the molecule is COc1ccc(CC(N)C2CCC(C)C(C)C2)cn1. The molecule has 3 nitrogen and oxygen atoms in total. The van der Waals surface area contributed by atoms with Gasteiger partial charge in [-0.25, -0.2) is 4.98 Å². The molecule has 0 amide bonds. The molecule has 0 radical (unpaired) electrons. The third kappa shape index (κ3) is 3.69. The van der Waals surface area contributed by atoms with Crippen LogP contribution in [0, 0.1) is 17.8 Å². The number of pyridine rings is 1. The number of nitrogens with zero attached hydrogens (tertiary/aromatic N) is 1. The van der Waals surface area contributed by atoms with Gasteiger partial charge in [0.1, 0.15) is 0 Å². The Morgan fingerprint density at radius 1 is 1.32 bits per heavy atom. The molecule has 3 heteroatoms. The molecule has 0 bridgehead atoms. The van der Waals surface area contributed by atoms with Gasteiger partial charge in [-0.2, -0.15) is 0 Å². The smallest absolute Gasteiger partial charge is 0.212 e. The van der Waals surface area contributed by atoms with E-state index in [1.165, 1.54) is 24.8 Å². The fourth-order valence-electron chi connectivity index (χ4n) is 3.07. The predicted octanol–water partition coefficient (Wildman–Crippen LogP) is 3.03. The van der Waals surface area contributed by atoms with E-state index in [9.17, 15) is 0 Å². The van der Waals surface area contributed by atoms with Crippen LogP contribution in [-0.2, 0) is 6.42 Å². The first-order valence-electron chi connectivity index (χ1n) is 7.34. The summed E-state index contributed by atoms with van der Waals surface area (Å²) in [5.74, 6) is 2.98. The largest absolute Gasteiger partial charge is 0.481 e. The monoisotopic (exact) mass is 262 g/mol. The van der Waals surface area contributed by atoms with Gasteiger partial charge in [-0.3, -0.25) is 0 Å². The van der Waals surface area contributed by atoms with Crippen LogP contribution in [0.2, 0.25) is 0 Å². The van der Waals surface area contributed by atoms with Crippen molar-refractivity contribution in [3.63, 3.8) is 0 Å². The fourth-order valence-corrected chi connectivity index (χ4v) is 3.07. The Morgan fingerprint density at radius 2 is 2.11 bits per heavy atom. The molecule has 1 aromatic heterocycles. The van der Waals surface area contributed by atoms with E-state index in [0.717, 1.165) is 18.3 Å². The van der Waals surface area contributed by atoms with Gasteiger partial charge in [0.2, 0.25) is 5.88 Å². The van der Waals surface area contributed by atoms with Gasteiger partial charge in [0.25, 0.3) is 0 Å². The Morgan fingerprint density at radius 3 is 2.68 bits per heavy atom. The minimum atomic E-state index is 0.255. The van der Waals surface area contributed by atoms with Gasteiger partial charge in [-0.15, -0.1) is 0 Å². The van der Waals surface area contributed by atoms with E-state index in [4.69, 9.17) is 10.5 Å². The van der Waals surface area contributed by atoms with E-state index in [-0.39, 0.29) is 6.04 Å². The zero-order valence-corrected chi connectivity index (χ0v) is 12.3. The zero-order chi connectivity index (χ0) is 13.8. The highest BCUT2D eigenvalue weighted by atomic mass is 16.5. The Hall–Kier alpha value is -1.09. The number of nitrogens with two attached hydrogens (primary N) is 1. The van der Waals surface area contributed by atoms with Gasteiger partial charge in [0.05, 0.1) is 7.11 Å². The summed E-state index contributed by atoms with van der Waals surface area (Å²) in [5, 5.41) is 0. The average molecular weight is 262 g/mol. The summed E-state index contributed by atoms with van der Waals surface area (Å²) >= 11 is 0. The Kier molecular flexibility index (Phi) is 4.81. The maximum absolute atomic E-state index is 6.40. The highest BCUT2D eigenvalue weighted by Gasteiger charge is 2.28. The number of hydrogen-bond donors (Lipinski definition) is 1. The lowest BCUT2D eigenvalue weighted by atomic mass is 9.72. The molecule has 106 valence electrons. The van der Waals surface area contributed by atoms with Crippen LogP contribution in [0.25, 0.3) is 0 Å². The summed E-state index contributed by atoms with van der Waals surface area (Å²) in [6.45, 7) is 4.72. The van der Waals surface area contributed by atoms with Gasteiger partial charge in [-0.05, 0) is 42.6 Å². The number of rotatable bonds is 4. The molecule has 1 heterocycles. The fraction of sp³-hybridized carbons (Fsp3) is 0.688. The minimum Gasteiger partial charge on any atom is -0.481 e. The quantitative estimate of drug-likeness (QED) is 0.907. The van der Waals surface area contributed by atoms with Crippen molar-refractivity contribution < 1.29 is 4.74 Å². The Labute approximate surface area is 116 Å². The highest BCUT2D eigenvalue weighted by molar-refractivity contribution is 5.18. The van der Waals surface area contributed by atoms with E-state index in [0.29, 0.717) is 11.8 Å². The molecule has 2 rings (SSSR count). The van der Waals surface area contributed by atoms with Crippen molar-refractivity contribution in [3.05, 3.63) is 23.9 Å². The van der Waals surface area contributed by atoms with E-state index < -0.39 is 0 Å². The van der Waals surface area contributed by atoms with Crippen molar-refractivity contribution >= 4 is 0 Å². The lowest BCUT2D eigenvalue weighted by molar-refractivity contribution is 0.185. The summed E-state index contributed by atoms with van der Waals surface area (Å²) in [6, 6.07) is 4.24. The van der Waals surface area contributed by atoms with E-state index in [1.54, 1.807) is 7.11 Å². The van der Waals surface area contributed by atoms with Crippen LogP contribution in [-0.4, -0.2) is 18.1 Å². The normalized spacial score (nSPS) is 28.9. The van der Waals surface area contributed by atoms with E-state index in [1.807, 2.05) is 12.3 Å². The van der Waals surface area contributed by atoms with Crippen LogP contribution in [0.3, 0.4) is 0 Å². The van der Waals surface area contributed by atoms with Gasteiger partial charge in [0, 0.05) is 18.3 Å². The van der Waals surface area contributed by atoms with Crippen molar-refractivity contribution in [2.24, 2.45) is 23.5 Å². The van der Waals surface area contributed by atoms with Gasteiger partial charge >= 0.3 is 0 Å². The molecule has 0 spiro atoms. The molecular weight excluding hydrogens is 236 g/mol. The maximum Gasteiger partial charge on any atom is 0.212 e. The summed E-state index contributed by atoms with van der Waals surface area (Å²) in [5.41, 5.74) is 7.61. The maximum atomic E-state index is 6.40. The molecule has 1 aromatic rings. The zero-order valence-electron chi connectivity index (χ0n) is 12.3. The van der Waals surface area contributed by atoms with Crippen molar-refractivity contribution in [3.8, 4) is 5.88 Å². The van der Waals surface area contributed by atoms with Gasteiger partial charge < -0.3 is 10.5 Å². The average Bonchev–Trinajstić information content (AvgIpc) is 2.42. The van der Waals surface area contributed by atoms with Crippen molar-refractivity contribution in [2.45, 2.75) is 45.6 Å². The second-order valence-corrected chi connectivity index (χ2v) is 6.10. The predicted molar refractivity (Wildman–Crippen MR) is 78.1 cm³/mol. The molecular formula is C16H26N2O. The van der Waals surface area contributed by atoms with Crippen LogP contribution in [0.5, 0.6) is 5.88 Å². The van der Waals surface area contributed by atoms with Gasteiger partial charge in [0.15, 0.2) is 0 Å².